The average Bonchev–Trinajstić information content (AvgIpc) is 3.30. The maximum absolute atomic E-state index is 6.08. The highest BCUT2D eigenvalue weighted by molar-refractivity contribution is 7.18. The van der Waals surface area contributed by atoms with Crippen molar-refractivity contribution < 1.29 is 9.15 Å². The zero-order chi connectivity index (χ0) is 16.6. The molecule has 0 aliphatic heterocycles. The average molecular weight is 350 g/mol. The first-order chi connectivity index (χ1) is 12.4. The molecule has 5 rings (SSSR count). The Hall–Kier alpha value is -2.80. The van der Waals surface area contributed by atoms with Gasteiger partial charge < -0.3 is 9.15 Å². The van der Waals surface area contributed by atoms with Gasteiger partial charge in [0.1, 0.15) is 16.9 Å². The highest BCUT2D eigenvalue weighted by Gasteiger charge is 2.20. The molecule has 0 fully saturated rings. The molecular weight excluding hydrogens is 336 g/mol. The molecule has 0 atom stereocenters. The molecule has 3 heterocycles. The molecular formula is C18H14N4O2S. The topological polar surface area (TPSA) is 73.9 Å². The molecule has 0 N–H and O–H groups in total. The van der Waals surface area contributed by atoms with Crippen molar-refractivity contribution in [2.24, 2.45) is 0 Å². The maximum atomic E-state index is 6.08. The molecule has 7 heteroatoms. The summed E-state index contributed by atoms with van der Waals surface area (Å²) in [5.74, 6) is 1.84. The number of benzene rings is 1. The molecule has 1 aromatic carbocycles. The van der Waals surface area contributed by atoms with Crippen LogP contribution in [0, 0.1) is 0 Å². The SMILES string of the molecule is c1nc(Oc2ccc(-c3nnco3)cc2)c2c3c(sc2n1)CCCC3. The molecule has 0 saturated heterocycles. The second kappa shape index (κ2) is 5.93. The summed E-state index contributed by atoms with van der Waals surface area (Å²) in [5, 5.41) is 8.67. The van der Waals surface area contributed by atoms with E-state index in [4.69, 9.17) is 9.15 Å². The van der Waals surface area contributed by atoms with Crippen LogP contribution in [0.25, 0.3) is 21.7 Å². The summed E-state index contributed by atoms with van der Waals surface area (Å²) in [7, 11) is 0. The van der Waals surface area contributed by atoms with E-state index in [1.165, 1.54) is 29.7 Å². The number of hydrogen-bond donors (Lipinski definition) is 0. The Balaban J connectivity index is 1.51. The lowest BCUT2D eigenvalue weighted by Gasteiger charge is -2.12. The van der Waals surface area contributed by atoms with Gasteiger partial charge in [-0.05, 0) is 55.5 Å². The van der Waals surface area contributed by atoms with E-state index in [0.29, 0.717) is 11.8 Å². The van der Waals surface area contributed by atoms with Crippen molar-refractivity contribution in [3.8, 4) is 23.1 Å². The number of aromatic nitrogens is 4. The van der Waals surface area contributed by atoms with Gasteiger partial charge in [-0.3, -0.25) is 0 Å². The normalized spacial score (nSPS) is 13.8. The van der Waals surface area contributed by atoms with Gasteiger partial charge in [0.2, 0.25) is 18.2 Å². The predicted molar refractivity (Wildman–Crippen MR) is 93.9 cm³/mol. The monoisotopic (exact) mass is 350 g/mol. The van der Waals surface area contributed by atoms with Gasteiger partial charge in [0.15, 0.2) is 0 Å². The Bertz CT molecular complexity index is 1030. The van der Waals surface area contributed by atoms with Crippen molar-refractivity contribution in [3.05, 3.63) is 47.4 Å². The van der Waals surface area contributed by atoms with E-state index in [1.54, 1.807) is 17.7 Å². The number of nitrogens with zero attached hydrogens (tertiary/aromatic N) is 4. The summed E-state index contributed by atoms with van der Waals surface area (Å²) < 4.78 is 11.3. The molecule has 3 aromatic heterocycles. The fourth-order valence-corrected chi connectivity index (χ4v) is 4.43. The first-order valence-electron chi connectivity index (χ1n) is 8.18. The standard InChI is InChI=1S/C18H14N4O2S/c1-2-4-14-13(3-1)15-17(19-9-20-18(15)25-14)24-12-7-5-11(6-8-12)16-22-21-10-23-16/h5-10H,1-4H2. The Labute approximate surface area is 147 Å². The summed E-state index contributed by atoms with van der Waals surface area (Å²) in [6.45, 7) is 0. The first kappa shape index (κ1) is 14.5. The van der Waals surface area contributed by atoms with Crippen LogP contribution in [0.15, 0.2) is 41.4 Å². The minimum Gasteiger partial charge on any atom is -0.438 e. The fourth-order valence-electron chi connectivity index (χ4n) is 3.21. The predicted octanol–water partition coefficient (Wildman–Crippen LogP) is 4.41. The van der Waals surface area contributed by atoms with Gasteiger partial charge in [-0.1, -0.05) is 0 Å². The van der Waals surface area contributed by atoms with Crippen molar-refractivity contribution in [1.82, 2.24) is 20.2 Å². The molecule has 0 bridgehead atoms. The van der Waals surface area contributed by atoms with E-state index in [9.17, 15) is 0 Å². The molecule has 4 aromatic rings. The Morgan fingerprint density at radius 1 is 1.04 bits per heavy atom. The molecule has 6 nitrogen and oxygen atoms in total. The van der Waals surface area contributed by atoms with E-state index >= 15 is 0 Å². The molecule has 25 heavy (non-hydrogen) atoms. The number of hydrogen-bond acceptors (Lipinski definition) is 7. The van der Waals surface area contributed by atoms with Crippen molar-refractivity contribution in [2.75, 3.05) is 0 Å². The van der Waals surface area contributed by atoms with Gasteiger partial charge >= 0.3 is 0 Å². The molecule has 1 aliphatic rings. The lowest BCUT2D eigenvalue weighted by atomic mass is 9.97. The van der Waals surface area contributed by atoms with Gasteiger partial charge in [-0.25, -0.2) is 9.97 Å². The zero-order valence-electron chi connectivity index (χ0n) is 13.3. The van der Waals surface area contributed by atoms with Crippen LogP contribution < -0.4 is 4.74 Å². The van der Waals surface area contributed by atoms with Crippen LogP contribution >= 0.6 is 11.3 Å². The first-order valence-corrected chi connectivity index (χ1v) is 9.00. The summed E-state index contributed by atoms with van der Waals surface area (Å²) >= 11 is 1.77. The quantitative estimate of drug-likeness (QED) is 0.545. The Morgan fingerprint density at radius 2 is 1.92 bits per heavy atom. The minimum absolute atomic E-state index is 0.489. The number of rotatable bonds is 3. The largest absolute Gasteiger partial charge is 0.438 e. The lowest BCUT2D eigenvalue weighted by Crippen LogP contribution is -1.99. The number of aryl methyl sites for hydroxylation is 2. The van der Waals surface area contributed by atoms with E-state index in [2.05, 4.69) is 20.2 Å². The van der Waals surface area contributed by atoms with Crippen LogP contribution in [0.4, 0.5) is 0 Å². The highest BCUT2D eigenvalue weighted by Crippen LogP contribution is 2.40. The van der Waals surface area contributed by atoms with E-state index < -0.39 is 0 Å². The van der Waals surface area contributed by atoms with Crippen LogP contribution in [-0.2, 0) is 12.8 Å². The van der Waals surface area contributed by atoms with Crippen LogP contribution in [0.1, 0.15) is 23.3 Å². The lowest BCUT2D eigenvalue weighted by molar-refractivity contribution is 0.467. The van der Waals surface area contributed by atoms with Crippen LogP contribution in [0.2, 0.25) is 0 Å². The fraction of sp³-hybridized carbons (Fsp3) is 0.222. The van der Waals surface area contributed by atoms with Gasteiger partial charge in [-0.15, -0.1) is 21.5 Å². The zero-order valence-corrected chi connectivity index (χ0v) is 14.1. The molecule has 0 amide bonds. The van der Waals surface area contributed by atoms with Crippen molar-refractivity contribution in [3.63, 3.8) is 0 Å². The maximum Gasteiger partial charge on any atom is 0.247 e. The third kappa shape index (κ3) is 2.56. The Kier molecular flexibility index (Phi) is 3.45. The molecule has 0 spiro atoms. The van der Waals surface area contributed by atoms with Crippen LogP contribution in [-0.4, -0.2) is 20.2 Å². The molecule has 124 valence electrons. The van der Waals surface area contributed by atoms with Gasteiger partial charge in [0.25, 0.3) is 0 Å². The summed E-state index contributed by atoms with van der Waals surface area (Å²) in [6, 6.07) is 7.55. The van der Waals surface area contributed by atoms with Gasteiger partial charge in [-0.2, -0.15) is 0 Å². The molecule has 1 aliphatic carbocycles. The molecule has 0 unspecified atom stereocenters. The summed E-state index contributed by atoms with van der Waals surface area (Å²) in [6.07, 6.45) is 7.57. The van der Waals surface area contributed by atoms with Crippen LogP contribution in [0.3, 0.4) is 0 Å². The highest BCUT2D eigenvalue weighted by atomic mass is 32.1. The van der Waals surface area contributed by atoms with E-state index in [1.807, 2.05) is 24.3 Å². The van der Waals surface area contributed by atoms with Crippen molar-refractivity contribution in [1.29, 1.82) is 0 Å². The van der Waals surface area contributed by atoms with E-state index in [0.717, 1.165) is 34.4 Å². The van der Waals surface area contributed by atoms with Gasteiger partial charge in [0, 0.05) is 10.4 Å². The van der Waals surface area contributed by atoms with Crippen molar-refractivity contribution in [2.45, 2.75) is 25.7 Å². The minimum atomic E-state index is 0.489. The number of ether oxygens (including phenoxy) is 1. The van der Waals surface area contributed by atoms with Gasteiger partial charge in [0.05, 0.1) is 5.39 Å². The second-order valence-corrected chi connectivity index (χ2v) is 7.02. The van der Waals surface area contributed by atoms with E-state index in [-0.39, 0.29) is 0 Å². The number of thiophene rings is 1. The second-order valence-electron chi connectivity index (χ2n) is 5.94. The van der Waals surface area contributed by atoms with Crippen LogP contribution in [0.5, 0.6) is 11.6 Å². The summed E-state index contributed by atoms with van der Waals surface area (Å²) in [5.41, 5.74) is 2.22. The Morgan fingerprint density at radius 3 is 2.76 bits per heavy atom. The van der Waals surface area contributed by atoms with Crippen molar-refractivity contribution >= 4 is 21.6 Å². The number of fused-ring (bicyclic) bond motifs is 3. The summed E-state index contributed by atoms with van der Waals surface area (Å²) in [4.78, 5) is 11.3. The smallest absolute Gasteiger partial charge is 0.247 e. The molecule has 0 radical (unpaired) electrons. The third-order valence-corrected chi connectivity index (χ3v) is 5.59. The third-order valence-electron chi connectivity index (χ3n) is 4.39. The molecule has 0 saturated carbocycles.